The van der Waals surface area contributed by atoms with Crippen LogP contribution in [0.15, 0.2) is 24.3 Å². The molecule has 3 nitrogen and oxygen atoms in total. The van der Waals surface area contributed by atoms with Crippen molar-refractivity contribution in [2.24, 2.45) is 0 Å². The molecule has 0 saturated heterocycles. The number of carbonyl (C=O) groups is 1. The molecular formula is C13H16ClNO2. The van der Waals surface area contributed by atoms with Gasteiger partial charge in [-0.2, -0.15) is 0 Å². The second-order valence-corrected chi connectivity index (χ2v) is 4.59. The zero-order valence-electron chi connectivity index (χ0n) is 9.86. The van der Waals surface area contributed by atoms with Gasteiger partial charge in [-0.3, -0.25) is 4.79 Å². The molecule has 0 bridgehead atoms. The van der Waals surface area contributed by atoms with Crippen molar-refractivity contribution in [3.05, 3.63) is 29.3 Å². The number of rotatable bonds is 5. The molecule has 1 saturated carbocycles. The Hall–Kier alpha value is -1.22. The lowest BCUT2D eigenvalue weighted by molar-refractivity contribution is -0.133. The summed E-state index contributed by atoms with van der Waals surface area (Å²) in [5.74, 6) is 0.688. The molecule has 0 atom stereocenters. The molecule has 1 amide bonds. The number of hydrogen-bond acceptors (Lipinski definition) is 2. The number of ether oxygens (including phenoxy) is 1. The molecule has 4 heteroatoms. The third kappa shape index (κ3) is 3.37. The zero-order valence-corrected chi connectivity index (χ0v) is 10.6. The third-order valence-electron chi connectivity index (χ3n) is 2.81. The molecule has 0 heterocycles. The molecule has 1 fully saturated rings. The molecule has 0 spiro atoms. The van der Waals surface area contributed by atoms with Crippen LogP contribution in [0.4, 0.5) is 0 Å². The molecule has 0 radical (unpaired) electrons. The van der Waals surface area contributed by atoms with E-state index < -0.39 is 0 Å². The van der Waals surface area contributed by atoms with Gasteiger partial charge in [-0.25, -0.2) is 0 Å². The van der Waals surface area contributed by atoms with Gasteiger partial charge in [0.15, 0.2) is 6.61 Å². The number of halogens is 1. The summed E-state index contributed by atoms with van der Waals surface area (Å²) in [6.07, 6.45) is 2.24. The predicted octanol–water partition coefficient (Wildman–Crippen LogP) is 2.73. The van der Waals surface area contributed by atoms with Crippen LogP contribution in [-0.4, -0.2) is 30.0 Å². The Kier molecular flexibility index (Phi) is 3.89. The summed E-state index contributed by atoms with van der Waals surface area (Å²) in [6, 6.07) is 7.53. The Labute approximate surface area is 106 Å². The number of benzene rings is 1. The number of hydrogen-bond donors (Lipinski definition) is 0. The number of amides is 1. The van der Waals surface area contributed by atoms with Gasteiger partial charge in [0.1, 0.15) is 5.75 Å². The van der Waals surface area contributed by atoms with Crippen molar-refractivity contribution in [3.63, 3.8) is 0 Å². The Morgan fingerprint density at radius 1 is 1.53 bits per heavy atom. The molecule has 0 N–H and O–H groups in total. The average molecular weight is 254 g/mol. The van der Waals surface area contributed by atoms with Gasteiger partial charge >= 0.3 is 0 Å². The van der Waals surface area contributed by atoms with Crippen LogP contribution in [0.25, 0.3) is 0 Å². The molecule has 1 aromatic rings. The lowest BCUT2D eigenvalue weighted by Crippen LogP contribution is -2.36. The van der Waals surface area contributed by atoms with Crippen LogP contribution in [0.1, 0.15) is 19.8 Å². The van der Waals surface area contributed by atoms with E-state index >= 15 is 0 Å². The molecule has 0 aromatic heterocycles. The number of nitrogens with zero attached hydrogens (tertiary/aromatic N) is 1. The molecule has 2 rings (SSSR count). The maximum atomic E-state index is 11.9. The monoisotopic (exact) mass is 253 g/mol. The summed E-state index contributed by atoms with van der Waals surface area (Å²) in [5.41, 5.74) is 0. The van der Waals surface area contributed by atoms with Crippen molar-refractivity contribution in [3.8, 4) is 5.75 Å². The van der Waals surface area contributed by atoms with Crippen LogP contribution in [0.3, 0.4) is 0 Å². The normalized spacial score (nSPS) is 14.5. The maximum Gasteiger partial charge on any atom is 0.260 e. The van der Waals surface area contributed by atoms with Gasteiger partial charge in [0, 0.05) is 17.6 Å². The van der Waals surface area contributed by atoms with Gasteiger partial charge in [-0.1, -0.05) is 17.7 Å². The SMILES string of the molecule is CCN(C(=O)COc1cccc(Cl)c1)C1CC1. The summed E-state index contributed by atoms with van der Waals surface area (Å²) in [7, 11) is 0. The second kappa shape index (κ2) is 5.41. The van der Waals surface area contributed by atoms with Gasteiger partial charge in [-0.15, -0.1) is 0 Å². The van der Waals surface area contributed by atoms with Crippen LogP contribution in [0, 0.1) is 0 Å². The Morgan fingerprint density at radius 3 is 2.88 bits per heavy atom. The molecule has 0 unspecified atom stereocenters. The summed E-state index contributed by atoms with van der Waals surface area (Å²) in [4.78, 5) is 13.8. The van der Waals surface area contributed by atoms with E-state index in [2.05, 4.69) is 0 Å². The Balaban J connectivity index is 1.86. The standard InChI is InChI=1S/C13H16ClNO2/c1-2-15(11-6-7-11)13(16)9-17-12-5-3-4-10(14)8-12/h3-5,8,11H,2,6-7,9H2,1H3. The van der Waals surface area contributed by atoms with Crippen LogP contribution in [0.2, 0.25) is 5.02 Å². The number of carbonyl (C=O) groups excluding carboxylic acids is 1. The van der Waals surface area contributed by atoms with Gasteiger partial charge in [-0.05, 0) is 38.0 Å². The van der Waals surface area contributed by atoms with E-state index in [1.165, 1.54) is 0 Å². The number of likely N-dealkylation sites (N-methyl/N-ethyl adjacent to an activating group) is 1. The zero-order chi connectivity index (χ0) is 12.3. The van der Waals surface area contributed by atoms with E-state index in [9.17, 15) is 4.79 Å². The summed E-state index contributed by atoms with van der Waals surface area (Å²) >= 11 is 5.84. The van der Waals surface area contributed by atoms with Gasteiger partial charge in [0.25, 0.3) is 5.91 Å². The van der Waals surface area contributed by atoms with Crippen LogP contribution >= 0.6 is 11.6 Å². The van der Waals surface area contributed by atoms with E-state index in [4.69, 9.17) is 16.3 Å². The lowest BCUT2D eigenvalue weighted by atomic mass is 10.3. The molecule has 0 aliphatic heterocycles. The van der Waals surface area contributed by atoms with Crippen molar-refractivity contribution in [1.29, 1.82) is 0 Å². The molecular weight excluding hydrogens is 238 g/mol. The van der Waals surface area contributed by atoms with Crippen molar-refractivity contribution >= 4 is 17.5 Å². The van der Waals surface area contributed by atoms with Crippen LogP contribution in [-0.2, 0) is 4.79 Å². The fourth-order valence-corrected chi connectivity index (χ4v) is 1.99. The first-order chi connectivity index (χ1) is 8.20. The lowest BCUT2D eigenvalue weighted by Gasteiger charge is -2.20. The highest BCUT2D eigenvalue weighted by Gasteiger charge is 2.31. The van der Waals surface area contributed by atoms with E-state index in [1.54, 1.807) is 24.3 Å². The minimum absolute atomic E-state index is 0.0509. The van der Waals surface area contributed by atoms with E-state index in [-0.39, 0.29) is 12.5 Å². The highest BCUT2D eigenvalue weighted by molar-refractivity contribution is 6.30. The first-order valence-corrected chi connectivity index (χ1v) is 6.26. The van der Waals surface area contributed by atoms with E-state index in [0.29, 0.717) is 16.8 Å². The largest absolute Gasteiger partial charge is 0.484 e. The van der Waals surface area contributed by atoms with Crippen molar-refractivity contribution in [2.75, 3.05) is 13.2 Å². The highest BCUT2D eigenvalue weighted by atomic mass is 35.5. The molecule has 92 valence electrons. The predicted molar refractivity (Wildman–Crippen MR) is 67.4 cm³/mol. The van der Waals surface area contributed by atoms with Crippen molar-refractivity contribution in [1.82, 2.24) is 4.90 Å². The Bertz CT molecular complexity index is 404. The van der Waals surface area contributed by atoms with E-state index in [1.807, 2.05) is 11.8 Å². The summed E-state index contributed by atoms with van der Waals surface area (Å²) < 4.78 is 5.43. The second-order valence-electron chi connectivity index (χ2n) is 4.16. The highest BCUT2D eigenvalue weighted by Crippen LogP contribution is 2.26. The van der Waals surface area contributed by atoms with Gasteiger partial charge in [0.05, 0.1) is 0 Å². The van der Waals surface area contributed by atoms with Gasteiger partial charge in [0.2, 0.25) is 0 Å². The van der Waals surface area contributed by atoms with Crippen LogP contribution < -0.4 is 4.74 Å². The smallest absolute Gasteiger partial charge is 0.260 e. The summed E-state index contributed by atoms with van der Waals surface area (Å²) in [5, 5.41) is 0.615. The molecule has 1 aromatic carbocycles. The van der Waals surface area contributed by atoms with E-state index in [0.717, 1.165) is 19.4 Å². The van der Waals surface area contributed by atoms with Crippen LogP contribution in [0.5, 0.6) is 5.75 Å². The minimum atomic E-state index is 0.0509. The van der Waals surface area contributed by atoms with Crippen molar-refractivity contribution < 1.29 is 9.53 Å². The fraction of sp³-hybridized carbons (Fsp3) is 0.462. The molecule has 17 heavy (non-hydrogen) atoms. The topological polar surface area (TPSA) is 29.5 Å². The maximum absolute atomic E-state index is 11.9. The average Bonchev–Trinajstić information content (AvgIpc) is 3.12. The first kappa shape index (κ1) is 12.2. The Morgan fingerprint density at radius 2 is 2.29 bits per heavy atom. The molecule has 1 aliphatic rings. The summed E-state index contributed by atoms with van der Waals surface area (Å²) in [6.45, 7) is 2.84. The quantitative estimate of drug-likeness (QED) is 0.808. The van der Waals surface area contributed by atoms with Gasteiger partial charge < -0.3 is 9.64 Å². The van der Waals surface area contributed by atoms with Crippen molar-refractivity contribution in [2.45, 2.75) is 25.8 Å². The minimum Gasteiger partial charge on any atom is -0.484 e. The molecule has 1 aliphatic carbocycles. The fourth-order valence-electron chi connectivity index (χ4n) is 1.81. The third-order valence-corrected chi connectivity index (χ3v) is 3.04. The first-order valence-electron chi connectivity index (χ1n) is 5.88.